The SMILES string of the molecule is C=C(C)C(NCC)c1ccc(CC)cc1. The first-order chi connectivity index (χ1) is 7.19. The van der Waals surface area contributed by atoms with Crippen molar-refractivity contribution in [3.63, 3.8) is 0 Å². The number of likely N-dealkylation sites (N-methyl/N-ethyl adjacent to an activating group) is 1. The Labute approximate surface area is 93.2 Å². The van der Waals surface area contributed by atoms with Crippen LogP contribution in [0.25, 0.3) is 0 Å². The fourth-order valence-corrected chi connectivity index (χ4v) is 1.73. The molecule has 1 N–H and O–H groups in total. The Bertz CT molecular complexity index is 311. The van der Waals surface area contributed by atoms with Crippen molar-refractivity contribution in [2.45, 2.75) is 33.2 Å². The maximum Gasteiger partial charge on any atom is 0.0530 e. The van der Waals surface area contributed by atoms with Crippen molar-refractivity contribution in [1.29, 1.82) is 0 Å². The van der Waals surface area contributed by atoms with Crippen molar-refractivity contribution in [3.05, 3.63) is 47.5 Å². The van der Waals surface area contributed by atoms with Crippen molar-refractivity contribution >= 4 is 0 Å². The van der Waals surface area contributed by atoms with Gasteiger partial charge in [0.05, 0.1) is 6.04 Å². The third-order valence-electron chi connectivity index (χ3n) is 2.62. The van der Waals surface area contributed by atoms with Gasteiger partial charge in [0.25, 0.3) is 0 Å². The Kier molecular flexibility index (Phi) is 4.57. The number of nitrogens with one attached hydrogen (secondary N) is 1. The molecule has 1 rings (SSSR count). The molecule has 0 radical (unpaired) electrons. The van der Waals surface area contributed by atoms with Crippen molar-refractivity contribution in [1.82, 2.24) is 5.32 Å². The van der Waals surface area contributed by atoms with E-state index in [1.54, 1.807) is 0 Å². The van der Waals surface area contributed by atoms with Gasteiger partial charge in [0.2, 0.25) is 0 Å². The van der Waals surface area contributed by atoms with Crippen LogP contribution in [-0.4, -0.2) is 6.54 Å². The van der Waals surface area contributed by atoms with Crippen LogP contribution < -0.4 is 5.32 Å². The molecule has 1 nitrogen and oxygen atoms in total. The van der Waals surface area contributed by atoms with Gasteiger partial charge in [-0.2, -0.15) is 0 Å². The Hall–Kier alpha value is -1.08. The van der Waals surface area contributed by atoms with Crippen LogP contribution in [0.2, 0.25) is 0 Å². The Balaban J connectivity index is 2.86. The van der Waals surface area contributed by atoms with E-state index in [-0.39, 0.29) is 0 Å². The maximum absolute atomic E-state index is 4.03. The molecule has 0 spiro atoms. The van der Waals surface area contributed by atoms with Crippen LogP contribution in [0.3, 0.4) is 0 Å². The summed E-state index contributed by atoms with van der Waals surface area (Å²) in [5.74, 6) is 0. The first-order valence-corrected chi connectivity index (χ1v) is 5.66. The van der Waals surface area contributed by atoms with Gasteiger partial charge in [-0.15, -0.1) is 0 Å². The van der Waals surface area contributed by atoms with Crippen LogP contribution in [0.5, 0.6) is 0 Å². The molecule has 0 aliphatic heterocycles. The fourth-order valence-electron chi connectivity index (χ4n) is 1.73. The zero-order chi connectivity index (χ0) is 11.3. The Morgan fingerprint density at radius 3 is 2.27 bits per heavy atom. The van der Waals surface area contributed by atoms with E-state index in [4.69, 9.17) is 0 Å². The molecule has 15 heavy (non-hydrogen) atoms. The Morgan fingerprint density at radius 1 is 1.27 bits per heavy atom. The molecule has 0 saturated heterocycles. The highest BCUT2D eigenvalue weighted by Gasteiger charge is 2.09. The summed E-state index contributed by atoms with van der Waals surface area (Å²) < 4.78 is 0. The molecule has 0 aliphatic carbocycles. The lowest BCUT2D eigenvalue weighted by atomic mass is 9.99. The van der Waals surface area contributed by atoms with Gasteiger partial charge < -0.3 is 5.32 Å². The summed E-state index contributed by atoms with van der Waals surface area (Å²) in [6.45, 7) is 11.4. The van der Waals surface area contributed by atoms with Crippen LogP contribution in [0.4, 0.5) is 0 Å². The van der Waals surface area contributed by atoms with Gasteiger partial charge in [0.15, 0.2) is 0 Å². The first kappa shape index (κ1) is 12.0. The summed E-state index contributed by atoms with van der Waals surface area (Å²) in [5.41, 5.74) is 3.86. The number of hydrogen-bond acceptors (Lipinski definition) is 1. The van der Waals surface area contributed by atoms with Crippen molar-refractivity contribution < 1.29 is 0 Å². The summed E-state index contributed by atoms with van der Waals surface area (Å²) >= 11 is 0. The number of aryl methyl sites for hydroxylation is 1. The van der Waals surface area contributed by atoms with Gasteiger partial charge in [0.1, 0.15) is 0 Å². The fraction of sp³-hybridized carbons (Fsp3) is 0.429. The third kappa shape index (κ3) is 3.21. The van der Waals surface area contributed by atoms with Crippen LogP contribution in [0.15, 0.2) is 36.4 Å². The van der Waals surface area contributed by atoms with Crippen molar-refractivity contribution in [3.8, 4) is 0 Å². The highest BCUT2D eigenvalue weighted by atomic mass is 14.9. The van der Waals surface area contributed by atoms with E-state index in [2.05, 4.69) is 56.9 Å². The highest BCUT2D eigenvalue weighted by molar-refractivity contribution is 5.29. The monoisotopic (exact) mass is 203 g/mol. The molecule has 0 heterocycles. The standard InChI is InChI=1S/C14H21N/c1-5-12-7-9-13(10-8-12)14(11(3)4)15-6-2/h7-10,14-15H,3,5-6H2,1-2,4H3. The third-order valence-corrected chi connectivity index (χ3v) is 2.62. The molecule has 0 fully saturated rings. The predicted octanol–water partition coefficient (Wildman–Crippen LogP) is 3.48. The second-order valence-electron chi connectivity index (χ2n) is 3.93. The summed E-state index contributed by atoms with van der Waals surface area (Å²) in [6.07, 6.45) is 1.10. The van der Waals surface area contributed by atoms with Crippen LogP contribution in [0, 0.1) is 0 Å². The zero-order valence-electron chi connectivity index (χ0n) is 10.0. The van der Waals surface area contributed by atoms with E-state index in [9.17, 15) is 0 Å². The van der Waals surface area contributed by atoms with Crippen molar-refractivity contribution in [2.75, 3.05) is 6.54 Å². The lowest BCUT2D eigenvalue weighted by molar-refractivity contribution is 0.621. The molecule has 1 aromatic rings. The minimum atomic E-state index is 0.293. The second kappa shape index (κ2) is 5.72. The maximum atomic E-state index is 4.03. The molecule has 0 aromatic heterocycles. The van der Waals surface area contributed by atoms with Crippen LogP contribution in [-0.2, 0) is 6.42 Å². The summed E-state index contributed by atoms with van der Waals surface area (Å²) in [5, 5.41) is 3.44. The molecule has 0 aliphatic rings. The topological polar surface area (TPSA) is 12.0 Å². The average Bonchev–Trinajstić information content (AvgIpc) is 2.26. The minimum absolute atomic E-state index is 0.293. The lowest BCUT2D eigenvalue weighted by Gasteiger charge is -2.18. The van der Waals surface area contributed by atoms with Gasteiger partial charge >= 0.3 is 0 Å². The van der Waals surface area contributed by atoms with E-state index in [1.807, 2.05) is 0 Å². The smallest absolute Gasteiger partial charge is 0.0530 e. The summed E-state index contributed by atoms with van der Waals surface area (Å²) in [7, 11) is 0. The highest BCUT2D eigenvalue weighted by Crippen LogP contribution is 2.20. The van der Waals surface area contributed by atoms with Crippen molar-refractivity contribution in [2.24, 2.45) is 0 Å². The molecular weight excluding hydrogens is 182 g/mol. The molecule has 0 amide bonds. The molecular formula is C14H21N. The van der Waals surface area contributed by atoms with E-state index < -0.39 is 0 Å². The van der Waals surface area contributed by atoms with Gasteiger partial charge in [0, 0.05) is 0 Å². The molecule has 0 bridgehead atoms. The quantitative estimate of drug-likeness (QED) is 0.722. The largest absolute Gasteiger partial charge is 0.307 e. The molecule has 1 aromatic carbocycles. The first-order valence-electron chi connectivity index (χ1n) is 5.66. The number of benzene rings is 1. The van der Waals surface area contributed by atoms with E-state index in [0.717, 1.165) is 13.0 Å². The lowest BCUT2D eigenvalue weighted by Crippen LogP contribution is -2.21. The van der Waals surface area contributed by atoms with Gasteiger partial charge in [-0.25, -0.2) is 0 Å². The number of rotatable bonds is 5. The predicted molar refractivity (Wildman–Crippen MR) is 67.1 cm³/mol. The minimum Gasteiger partial charge on any atom is -0.307 e. The molecule has 1 atom stereocenters. The van der Waals surface area contributed by atoms with Gasteiger partial charge in [-0.3, -0.25) is 0 Å². The summed E-state index contributed by atoms with van der Waals surface area (Å²) in [4.78, 5) is 0. The van der Waals surface area contributed by atoms with E-state index in [1.165, 1.54) is 16.7 Å². The van der Waals surface area contributed by atoms with Gasteiger partial charge in [-0.1, -0.05) is 50.3 Å². The molecule has 0 saturated carbocycles. The summed E-state index contributed by atoms with van der Waals surface area (Å²) in [6, 6.07) is 9.08. The van der Waals surface area contributed by atoms with E-state index in [0.29, 0.717) is 6.04 Å². The molecule has 1 unspecified atom stereocenters. The number of hydrogen-bond donors (Lipinski definition) is 1. The van der Waals surface area contributed by atoms with Crippen LogP contribution >= 0.6 is 0 Å². The molecule has 1 heteroatoms. The Morgan fingerprint density at radius 2 is 1.87 bits per heavy atom. The second-order valence-corrected chi connectivity index (χ2v) is 3.93. The molecule has 82 valence electrons. The zero-order valence-corrected chi connectivity index (χ0v) is 10.0. The van der Waals surface area contributed by atoms with Crippen LogP contribution in [0.1, 0.15) is 37.9 Å². The van der Waals surface area contributed by atoms with Gasteiger partial charge in [-0.05, 0) is 31.0 Å². The average molecular weight is 203 g/mol. The van der Waals surface area contributed by atoms with E-state index >= 15 is 0 Å². The normalized spacial score (nSPS) is 12.5.